The van der Waals surface area contributed by atoms with Crippen molar-refractivity contribution in [3.8, 4) is 0 Å². The van der Waals surface area contributed by atoms with E-state index in [2.05, 4.69) is 76.8 Å². The van der Waals surface area contributed by atoms with E-state index in [4.69, 9.17) is 9.47 Å². The third kappa shape index (κ3) is 5.21. The van der Waals surface area contributed by atoms with Gasteiger partial charge < -0.3 is 14.8 Å². The van der Waals surface area contributed by atoms with Crippen LogP contribution in [0.4, 0.5) is 0 Å². The summed E-state index contributed by atoms with van der Waals surface area (Å²) in [5.74, 6) is 2.46. The summed E-state index contributed by atoms with van der Waals surface area (Å²) in [7, 11) is 0. The van der Waals surface area contributed by atoms with E-state index in [0.717, 1.165) is 32.4 Å². The molecule has 1 aromatic carbocycles. The van der Waals surface area contributed by atoms with Crippen LogP contribution in [0.25, 0.3) is 0 Å². The summed E-state index contributed by atoms with van der Waals surface area (Å²) >= 11 is 0. The lowest BCUT2D eigenvalue weighted by atomic mass is 9.32. The number of allylic oxidation sites excluding steroid dienone is 1. The molecule has 0 spiro atoms. The molecule has 5 nitrogen and oxygen atoms in total. The first-order valence-corrected chi connectivity index (χ1v) is 18.4. The van der Waals surface area contributed by atoms with Gasteiger partial charge in [-0.15, -0.1) is 0 Å². The number of carbonyl (C=O) groups is 2. The Hall–Kier alpha value is -2.14. The van der Waals surface area contributed by atoms with Crippen molar-refractivity contribution < 1.29 is 19.1 Å². The first-order chi connectivity index (χ1) is 21.7. The van der Waals surface area contributed by atoms with E-state index in [1.54, 1.807) is 0 Å². The number of hydrogen-bond donors (Lipinski definition) is 1. The van der Waals surface area contributed by atoms with Crippen LogP contribution < -0.4 is 5.32 Å². The van der Waals surface area contributed by atoms with Gasteiger partial charge in [-0.1, -0.05) is 70.2 Å². The molecule has 6 rings (SSSR count). The number of fused-ring (bicyclic) bond motifs is 7. The predicted molar refractivity (Wildman–Crippen MR) is 184 cm³/mol. The molecule has 11 atom stereocenters. The summed E-state index contributed by atoms with van der Waals surface area (Å²) in [5.41, 5.74) is 3.35. The molecule has 3 unspecified atom stereocenters. The van der Waals surface area contributed by atoms with Crippen molar-refractivity contribution in [1.29, 1.82) is 0 Å². The molecule has 0 aliphatic heterocycles. The topological polar surface area (TPSA) is 64.6 Å². The number of rotatable bonds is 8. The molecular formula is C41H61NO4. The summed E-state index contributed by atoms with van der Waals surface area (Å²) in [6, 6.07) is 10.9. The molecular weight excluding hydrogens is 570 g/mol. The Morgan fingerprint density at radius 3 is 2.24 bits per heavy atom. The van der Waals surface area contributed by atoms with E-state index in [0.29, 0.717) is 41.6 Å². The fraction of sp³-hybridized carbons (Fsp3) is 0.756. The molecule has 254 valence electrons. The first-order valence-electron chi connectivity index (χ1n) is 18.4. The lowest BCUT2D eigenvalue weighted by Gasteiger charge is -2.73. The quantitative estimate of drug-likeness (QED) is 0.229. The fourth-order valence-corrected chi connectivity index (χ4v) is 13.3. The average Bonchev–Trinajstić information content (AvgIpc) is 3.39. The van der Waals surface area contributed by atoms with Gasteiger partial charge >= 0.3 is 11.9 Å². The van der Waals surface area contributed by atoms with Crippen LogP contribution >= 0.6 is 0 Å². The van der Waals surface area contributed by atoms with E-state index in [-0.39, 0.29) is 39.7 Å². The number of benzene rings is 1. The van der Waals surface area contributed by atoms with Gasteiger partial charge in [0.05, 0.1) is 0 Å². The second kappa shape index (κ2) is 12.1. The SMILES string of the molecule is C=C(C)[C@@H]1CC[C@]2(CNCc3ccccc3)CC[C@]3(C)C(CC[C@@H]4[C@@]5(C)CCC(OC(C)=O)C(C)(COC(C)=O)[C@@H]5CC[C@]43C)[C@@H]12. The molecule has 0 bridgehead atoms. The number of ether oxygens (including phenoxy) is 2. The summed E-state index contributed by atoms with van der Waals surface area (Å²) in [4.78, 5) is 24.3. The molecule has 46 heavy (non-hydrogen) atoms. The van der Waals surface area contributed by atoms with E-state index in [1.165, 1.54) is 69.9 Å². The third-order valence-electron chi connectivity index (χ3n) is 15.5. The maximum absolute atomic E-state index is 12.2. The van der Waals surface area contributed by atoms with E-state index in [9.17, 15) is 9.59 Å². The van der Waals surface area contributed by atoms with Crippen LogP contribution in [0.3, 0.4) is 0 Å². The highest BCUT2D eigenvalue weighted by Gasteiger charge is 2.71. The molecule has 0 aromatic heterocycles. The van der Waals surface area contributed by atoms with Gasteiger partial charge in [0.15, 0.2) is 0 Å². The second-order valence-electron chi connectivity index (χ2n) is 17.6. The summed E-state index contributed by atoms with van der Waals surface area (Å²) in [6.07, 6.45) is 11.7. The lowest BCUT2D eigenvalue weighted by Crippen LogP contribution is -2.68. The van der Waals surface area contributed by atoms with Crippen LogP contribution in [0, 0.1) is 56.7 Å². The fourth-order valence-electron chi connectivity index (χ4n) is 13.3. The van der Waals surface area contributed by atoms with E-state index >= 15 is 0 Å². The molecule has 0 radical (unpaired) electrons. The van der Waals surface area contributed by atoms with Crippen molar-refractivity contribution in [3.63, 3.8) is 0 Å². The van der Waals surface area contributed by atoms with Crippen molar-refractivity contribution in [2.24, 2.45) is 56.7 Å². The second-order valence-corrected chi connectivity index (χ2v) is 17.6. The van der Waals surface area contributed by atoms with Gasteiger partial charge in [0.1, 0.15) is 12.7 Å². The third-order valence-corrected chi connectivity index (χ3v) is 15.5. The Morgan fingerprint density at radius 1 is 0.826 bits per heavy atom. The number of carbonyl (C=O) groups excluding carboxylic acids is 2. The van der Waals surface area contributed by atoms with Crippen LogP contribution in [-0.2, 0) is 25.6 Å². The molecule has 0 amide bonds. The van der Waals surface area contributed by atoms with Crippen LogP contribution in [0.2, 0.25) is 0 Å². The molecule has 5 aliphatic carbocycles. The number of hydrogen-bond acceptors (Lipinski definition) is 5. The molecule has 0 saturated heterocycles. The minimum atomic E-state index is -0.383. The zero-order valence-electron chi connectivity index (χ0n) is 29.9. The lowest BCUT2D eigenvalue weighted by molar-refractivity contribution is -0.257. The smallest absolute Gasteiger partial charge is 0.302 e. The normalized spacial score (nSPS) is 44.6. The summed E-state index contributed by atoms with van der Waals surface area (Å²) < 4.78 is 11.8. The van der Waals surface area contributed by atoms with Gasteiger partial charge in [-0.2, -0.15) is 0 Å². The number of esters is 2. The van der Waals surface area contributed by atoms with Crippen LogP contribution in [0.1, 0.15) is 118 Å². The minimum Gasteiger partial charge on any atom is -0.465 e. The molecule has 5 fully saturated rings. The van der Waals surface area contributed by atoms with Crippen LogP contribution in [-0.4, -0.2) is 31.2 Å². The van der Waals surface area contributed by atoms with Gasteiger partial charge in [-0.25, -0.2) is 0 Å². The molecule has 5 heteroatoms. The van der Waals surface area contributed by atoms with E-state index < -0.39 is 0 Å². The molecule has 1 N–H and O–H groups in total. The van der Waals surface area contributed by atoms with Gasteiger partial charge in [0, 0.05) is 32.4 Å². The largest absolute Gasteiger partial charge is 0.465 e. The maximum atomic E-state index is 12.2. The van der Waals surface area contributed by atoms with Gasteiger partial charge in [-0.3, -0.25) is 9.59 Å². The summed E-state index contributed by atoms with van der Waals surface area (Å²) in [5, 5.41) is 3.96. The Kier molecular flexibility index (Phi) is 8.86. The highest BCUT2D eigenvalue weighted by atomic mass is 16.6. The maximum Gasteiger partial charge on any atom is 0.302 e. The molecule has 5 aliphatic rings. The summed E-state index contributed by atoms with van der Waals surface area (Å²) in [6.45, 7) is 22.5. The minimum absolute atomic E-state index is 0.113. The van der Waals surface area contributed by atoms with Gasteiger partial charge in [-0.05, 0) is 128 Å². The van der Waals surface area contributed by atoms with E-state index in [1.807, 2.05) is 0 Å². The van der Waals surface area contributed by atoms with Gasteiger partial charge in [0.2, 0.25) is 0 Å². The zero-order chi connectivity index (χ0) is 33.1. The van der Waals surface area contributed by atoms with Crippen molar-refractivity contribution in [2.45, 2.75) is 125 Å². The highest BCUT2D eigenvalue weighted by molar-refractivity contribution is 5.66. The van der Waals surface area contributed by atoms with Crippen molar-refractivity contribution in [2.75, 3.05) is 13.2 Å². The van der Waals surface area contributed by atoms with Crippen molar-refractivity contribution >= 4 is 11.9 Å². The monoisotopic (exact) mass is 631 g/mol. The standard InChI is InChI=1S/C41H61NO4/c1-27(2)31-16-21-41(25-42-24-30-12-10-9-11-13-30)23-22-39(7)32(36(31)41)14-15-34-37(5)19-18-35(46-29(4)44)38(6,26-45-28(3)43)33(37)17-20-40(34,39)8/h9-13,31-36,42H,1,14-26H2,2-8H3/t31-,32?,33+,34+,35?,36+,37-,38?,39+,40+,41+/m0/s1. The van der Waals surface area contributed by atoms with Crippen LogP contribution in [0.5, 0.6) is 0 Å². The molecule has 0 heterocycles. The molecule has 1 aromatic rings. The molecule has 5 saturated carbocycles. The first kappa shape index (κ1) is 33.7. The highest BCUT2D eigenvalue weighted by Crippen LogP contribution is 2.77. The number of nitrogens with one attached hydrogen (secondary N) is 1. The Balaban J connectivity index is 1.30. The Labute approximate surface area is 279 Å². The Morgan fingerprint density at radius 2 is 1.57 bits per heavy atom. The zero-order valence-corrected chi connectivity index (χ0v) is 29.9. The van der Waals surface area contributed by atoms with Crippen molar-refractivity contribution in [3.05, 3.63) is 48.0 Å². The Bertz CT molecular complexity index is 1330. The van der Waals surface area contributed by atoms with Crippen LogP contribution in [0.15, 0.2) is 42.5 Å². The predicted octanol–water partition coefficient (Wildman–Crippen LogP) is 8.91. The van der Waals surface area contributed by atoms with Gasteiger partial charge in [0.25, 0.3) is 0 Å². The average molecular weight is 632 g/mol. The van der Waals surface area contributed by atoms with Crippen molar-refractivity contribution in [1.82, 2.24) is 5.32 Å².